The van der Waals surface area contributed by atoms with E-state index in [2.05, 4.69) is 19.2 Å². The van der Waals surface area contributed by atoms with Gasteiger partial charge in [-0.05, 0) is 32.1 Å². The number of carbonyl (C=O) groups is 2. The van der Waals surface area contributed by atoms with Gasteiger partial charge in [0.2, 0.25) is 11.8 Å². The third kappa shape index (κ3) is 3.24. The molecule has 18 heavy (non-hydrogen) atoms. The molecule has 0 aromatic carbocycles. The first-order valence-corrected chi connectivity index (χ1v) is 7.07. The number of piperidine rings is 1. The van der Waals surface area contributed by atoms with E-state index in [0.29, 0.717) is 18.4 Å². The molecule has 2 aliphatic rings. The molecule has 1 saturated heterocycles. The molecule has 0 aromatic heterocycles. The first kappa shape index (κ1) is 13.4. The van der Waals surface area contributed by atoms with Crippen molar-refractivity contribution in [2.75, 3.05) is 6.54 Å². The largest absolute Gasteiger partial charge is 0.354 e. The highest BCUT2D eigenvalue weighted by Gasteiger charge is 2.38. The van der Waals surface area contributed by atoms with Crippen molar-refractivity contribution in [3.63, 3.8) is 0 Å². The summed E-state index contributed by atoms with van der Waals surface area (Å²) in [4.78, 5) is 26.1. The van der Waals surface area contributed by atoms with Crippen molar-refractivity contribution >= 4 is 11.8 Å². The highest BCUT2D eigenvalue weighted by molar-refractivity contribution is 5.87. The lowest BCUT2D eigenvalue weighted by atomic mass is 9.91. The number of rotatable bonds is 4. The maximum atomic E-state index is 12.6. The van der Waals surface area contributed by atoms with Crippen molar-refractivity contribution in [2.24, 2.45) is 11.8 Å². The van der Waals surface area contributed by atoms with Crippen LogP contribution >= 0.6 is 0 Å². The number of amides is 2. The Morgan fingerprint density at radius 1 is 1.44 bits per heavy atom. The third-order valence-electron chi connectivity index (χ3n) is 3.66. The van der Waals surface area contributed by atoms with Gasteiger partial charge in [0.05, 0.1) is 0 Å². The molecule has 4 nitrogen and oxygen atoms in total. The van der Waals surface area contributed by atoms with Gasteiger partial charge in [0, 0.05) is 31.0 Å². The van der Waals surface area contributed by atoms with Crippen molar-refractivity contribution in [1.82, 2.24) is 10.2 Å². The van der Waals surface area contributed by atoms with Gasteiger partial charge in [-0.25, -0.2) is 0 Å². The summed E-state index contributed by atoms with van der Waals surface area (Å²) in [7, 11) is 0. The lowest BCUT2D eigenvalue weighted by Crippen LogP contribution is -2.48. The quantitative estimate of drug-likeness (QED) is 0.825. The molecule has 2 fully saturated rings. The smallest absolute Gasteiger partial charge is 0.226 e. The minimum atomic E-state index is -0.104. The van der Waals surface area contributed by atoms with E-state index in [4.69, 9.17) is 0 Å². The van der Waals surface area contributed by atoms with Crippen LogP contribution in [0.25, 0.3) is 0 Å². The van der Waals surface area contributed by atoms with Gasteiger partial charge in [0.1, 0.15) is 0 Å². The highest BCUT2D eigenvalue weighted by atomic mass is 16.2. The van der Waals surface area contributed by atoms with Gasteiger partial charge in [0.15, 0.2) is 0 Å². The summed E-state index contributed by atoms with van der Waals surface area (Å²) in [6.07, 6.45) is 3.41. The molecule has 1 aliphatic carbocycles. The Kier molecular flexibility index (Phi) is 3.93. The second-order valence-corrected chi connectivity index (χ2v) is 6.22. The summed E-state index contributed by atoms with van der Waals surface area (Å²) in [6, 6.07) is 0.570. The van der Waals surface area contributed by atoms with Gasteiger partial charge >= 0.3 is 0 Å². The van der Waals surface area contributed by atoms with Crippen molar-refractivity contribution < 1.29 is 9.59 Å². The monoisotopic (exact) mass is 252 g/mol. The van der Waals surface area contributed by atoms with Gasteiger partial charge in [-0.1, -0.05) is 13.8 Å². The van der Waals surface area contributed by atoms with Crippen molar-refractivity contribution in [1.29, 1.82) is 0 Å². The van der Waals surface area contributed by atoms with Crippen LogP contribution in [0.3, 0.4) is 0 Å². The van der Waals surface area contributed by atoms with Crippen LogP contribution in [0.15, 0.2) is 0 Å². The maximum Gasteiger partial charge on any atom is 0.226 e. The molecule has 1 N–H and O–H groups in total. The van der Waals surface area contributed by atoms with E-state index in [1.54, 1.807) is 0 Å². The zero-order valence-corrected chi connectivity index (χ0v) is 11.6. The molecule has 1 heterocycles. The van der Waals surface area contributed by atoms with Gasteiger partial charge in [0.25, 0.3) is 0 Å². The molecule has 2 amide bonds. The van der Waals surface area contributed by atoms with Crippen LogP contribution in [0.5, 0.6) is 0 Å². The number of carbonyl (C=O) groups excluding carboxylic acids is 2. The van der Waals surface area contributed by atoms with Crippen molar-refractivity contribution in [3.05, 3.63) is 0 Å². The minimum absolute atomic E-state index is 0.0207. The minimum Gasteiger partial charge on any atom is -0.354 e. The molecule has 1 saturated carbocycles. The number of nitrogens with zero attached hydrogens (tertiary/aromatic N) is 1. The lowest BCUT2D eigenvalue weighted by molar-refractivity contribution is -0.141. The Labute approximate surface area is 109 Å². The summed E-state index contributed by atoms with van der Waals surface area (Å²) < 4.78 is 0. The standard InChI is InChI=1S/C14H24N2O2/c1-9(2)8-16(12-4-5-12)14(18)11-6-10(3)15-13(17)7-11/h9-12H,4-8H2,1-3H3,(H,15,17). The average Bonchev–Trinajstić information content (AvgIpc) is 3.07. The highest BCUT2D eigenvalue weighted by Crippen LogP contribution is 2.31. The second-order valence-electron chi connectivity index (χ2n) is 6.22. The predicted octanol–water partition coefficient (Wildman–Crippen LogP) is 1.55. The van der Waals surface area contributed by atoms with E-state index in [1.807, 2.05) is 11.8 Å². The van der Waals surface area contributed by atoms with Crippen LogP contribution in [0.2, 0.25) is 0 Å². The molecule has 0 bridgehead atoms. The van der Waals surface area contributed by atoms with Crippen LogP contribution in [0, 0.1) is 11.8 Å². The lowest BCUT2D eigenvalue weighted by Gasteiger charge is -2.32. The maximum absolute atomic E-state index is 12.6. The van der Waals surface area contributed by atoms with Crippen LogP contribution in [0.1, 0.15) is 46.5 Å². The fourth-order valence-electron chi connectivity index (χ4n) is 2.75. The fraction of sp³-hybridized carbons (Fsp3) is 0.857. The first-order chi connectivity index (χ1) is 8.47. The zero-order valence-electron chi connectivity index (χ0n) is 11.6. The van der Waals surface area contributed by atoms with E-state index in [-0.39, 0.29) is 23.8 Å². The number of hydrogen-bond acceptors (Lipinski definition) is 2. The Bertz CT molecular complexity index is 337. The summed E-state index contributed by atoms with van der Waals surface area (Å²) in [6.45, 7) is 7.08. The molecule has 0 radical (unpaired) electrons. The van der Waals surface area contributed by atoms with Gasteiger partial charge in [-0.2, -0.15) is 0 Å². The Morgan fingerprint density at radius 2 is 2.11 bits per heavy atom. The Hall–Kier alpha value is -1.06. The Morgan fingerprint density at radius 3 is 2.61 bits per heavy atom. The van der Waals surface area contributed by atoms with Crippen LogP contribution in [-0.4, -0.2) is 35.3 Å². The van der Waals surface area contributed by atoms with Crippen LogP contribution in [-0.2, 0) is 9.59 Å². The van der Waals surface area contributed by atoms with Crippen molar-refractivity contribution in [3.8, 4) is 0 Å². The molecule has 2 unspecified atom stereocenters. The summed E-state index contributed by atoms with van der Waals surface area (Å²) in [5, 5.41) is 2.88. The van der Waals surface area contributed by atoms with E-state index in [0.717, 1.165) is 25.8 Å². The topological polar surface area (TPSA) is 49.4 Å². The molecule has 0 spiro atoms. The van der Waals surface area contributed by atoms with Gasteiger partial charge in [-0.3, -0.25) is 9.59 Å². The predicted molar refractivity (Wildman–Crippen MR) is 69.9 cm³/mol. The van der Waals surface area contributed by atoms with E-state index < -0.39 is 0 Å². The molecule has 102 valence electrons. The van der Waals surface area contributed by atoms with E-state index in [1.165, 1.54) is 0 Å². The number of hydrogen-bond donors (Lipinski definition) is 1. The van der Waals surface area contributed by atoms with Crippen molar-refractivity contribution in [2.45, 2.75) is 58.5 Å². The van der Waals surface area contributed by atoms with Gasteiger partial charge < -0.3 is 10.2 Å². The van der Waals surface area contributed by atoms with Gasteiger partial charge in [-0.15, -0.1) is 0 Å². The normalized spacial score (nSPS) is 28.1. The molecular formula is C14H24N2O2. The molecule has 4 heteroatoms. The molecule has 2 atom stereocenters. The molecular weight excluding hydrogens is 228 g/mol. The first-order valence-electron chi connectivity index (χ1n) is 7.07. The summed E-state index contributed by atoms with van der Waals surface area (Å²) in [5.74, 6) is 0.609. The van der Waals surface area contributed by atoms with Crippen LogP contribution < -0.4 is 5.32 Å². The molecule has 2 rings (SSSR count). The fourth-order valence-corrected chi connectivity index (χ4v) is 2.75. The number of nitrogens with one attached hydrogen (secondary N) is 1. The summed E-state index contributed by atoms with van der Waals surface area (Å²) >= 11 is 0. The summed E-state index contributed by atoms with van der Waals surface area (Å²) in [5.41, 5.74) is 0. The zero-order chi connectivity index (χ0) is 13.3. The van der Waals surface area contributed by atoms with E-state index in [9.17, 15) is 9.59 Å². The second kappa shape index (κ2) is 5.29. The Balaban J connectivity index is 2.00. The molecule has 1 aliphatic heterocycles. The van der Waals surface area contributed by atoms with E-state index >= 15 is 0 Å². The van der Waals surface area contributed by atoms with Crippen LogP contribution in [0.4, 0.5) is 0 Å². The average molecular weight is 252 g/mol. The molecule has 0 aromatic rings. The third-order valence-corrected chi connectivity index (χ3v) is 3.66. The SMILES string of the molecule is CC(C)CN(C(=O)C1CC(=O)NC(C)C1)C1CC1.